The Morgan fingerprint density at radius 3 is 2.86 bits per heavy atom. The minimum Gasteiger partial charge on any atom is -0.299 e. The summed E-state index contributed by atoms with van der Waals surface area (Å²) in [5.41, 5.74) is 1.10. The van der Waals surface area contributed by atoms with Crippen molar-refractivity contribution < 1.29 is 4.79 Å². The molecule has 76 valence electrons. The topological polar surface area (TPSA) is 17.1 Å². The normalized spacial score (nSPS) is 10.1. The molecule has 14 heavy (non-hydrogen) atoms. The van der Waals surface area contributed by atoms with E-state index in [4.69, 9.17) is 0 Å². The van der Waals surface area contributed by atoms with Gasteiger partial charge in [0.05, 0.1) is 0 Å². The summed E-state index contributed by atoms with van der Waals surface area (Å²) in [7, 11) is 0. The lowest BCUT2D eigenvalue weighted by Crippen LogP contribution is -2.01. The molecule has 0 fully saturated rings. The number of hydrogen-bond donors (Lipinski definition) is 0. The first kappa shape index (κ1) is 11.4. The van der Waals surface area contributed by atoms with Gasteiger partial charge in [-0.2, -0.15) is 0 Å². The number of benzene rings is 1. The van der Waals surface area contributed by atoms with Gasteiger partial charge < -0.3 is 0 Å². The van der Waals surface area contributed by atoms with Gasteiger partial charge in [-0.25, -0.2) is 0 Å². The second kappa shape index (κ2) is 5.97. The van der Waals surface area contributed by atoms with Gasteiger partial charge in [-0.05, 0) is 24.1 Å². The summed E-state index contributed by atoms with van der Waals surface area (Å²) in [4.78, 5) is 11.5. The Balaban J connectivity index is 2.47. The van der Waals surface area contributed by atoms with Crippen molar-refractivity contribution in [2.75, 3.05) is 0 Å². The van der Waals surface area contributed by atoms with Gasteiger partial charge in [-0.3, -0.25) is 4.79 Å². The van der Waals surface area contributed by atoms with Crippen LogP contribution in [0.1, 0.15) is 31.7 Å². The van der Waals surface area contributed by atoms with Gasteiger partial charge in [-0.1, -0.05) is 41.4 Å². The molecule has 0 aliphatic carbocycles. The monoisotopic (exact) mass is 254 g/mol. The third-order valence-corrected chi connectivity index (χ3v) is 2.59. The van der Waals surface area contributed by atoms with Gasteiger partial charge in [0.2, 0.25) is 0 Å². The summed E-state index contributed by atoms with van der Waals surface area (Å²) < 4.78 is 1.04. The van der Waals surface area contributed by atoms with E-state index in [1.54, 1.807) is 0 Å². The number of hydrogen-bond acceptors (Lipinski definition) is 1. The predicted octanol–water partition coefficient (Wildman–Crippen LogP) is 3.75. The van der Waals surface area contributed by atoms with Crippen molar-refractivity contribution in [3.05, 3.63) is 34.3 Å². The zero-order chi connectivity index (χ0) is 10.4. The van der Waals surface area contributed by atoms with Gasteiger partial charge in [0.25, 0.3) is 0 Å². The minimum atomic E-state index is 0.338. The zero-order valence-electron chi connectivity index (χ0n) is 8.42. The van der Waals surface area contributed by atoms with E-state index in [1.807, 2.05) is 24.3 Å². The summed E-state index contributed by atoms with van der Waals surface area (Å²) >= 11 is 3.39. The highest BCUT2D eigenvalue weighted by molar-refractivity contribution is 9.10. The Labute approximate surface area is 93.7 Å². The largest absolute Gasteiger partial charge is 0.299 e. The van der Waals surface area contributed by atoms with E-state index in [0.717, 1.165) is 22.9 Å². The molecule has 0 radical (unpaired) electrons. The number of carbonyl (C=O) groups excluding carboxylic acids is 1. The number of rotatable bonds is 5. The molecule has 0 saturated heterocycles. The minimum absolute atomic E-state index is 0.338. The second-order valence-electron chi connectivity index (χ2n) is 3.45. The van der Waals surface area contributed by atoms with E-state index >= 15 is 0 Å². The first-order valence-corrected chi connectivity index (χ1v) is 5.78. The van der Waals surface area contributed by atoms with E-state index in [0.29, 0.717) is 18.6 Å². The fourth-order valence-corrected chi connectivity index (χ4v) is 1.78. The Bertz CT molecular complexity index is 307. The highest BCUT2D eigenvalue weighted by atomic mass is 79.9. The number of unbranched alkanes of at least 4 members (excludes halogenated alkanes) is 1. The van der Waals surface area contributed by atoms with Crippen molar-refractivity contribution in [2.45, 2.75) is 32.6 Å². The Hall–Kier alpha value is -0.630. The first-order chi connectivity index (χ1) is 6.72. The molecule has 1 aromatic rings. The van der Waals surface area contributed by atoms with Crippen LogP contribution in [0.5, 0.6) is 0 Å². The van der Waals surface area contributed by atoms with Gasteiger partial charge in [0, 0.05) is 17.3 Å². The summed E-state index contributed by atoms with van der Waals surface area (Å²) in [6.07, 6.45) is 3.37. The standard InChI is InChI=1S/C12H15BrO/c1-2-3-7-12(14)9-10-5-4-6-11(13)8-10/h4-6,8H,2-3,7,9H2,1H3. The van der Waals surface area contributed by atoms with Crippen LogP contribution in [0.15, 0.2) is 28.7 Å². The Kier molecular flexibility index (Phi) is 4.88. The van der Waals surface area contributed by atoms with Crippen LogP contribution >= 0.6 is 15.9 Å². The van der Waals surface area contributed by atoms with Crippen molar-refractivity contribution in [1.29, 1.82) is 0 Å². The van der Waals surface area contributed by atoms with Crippen LogP contribution in [0.2, 0.25) is 0 Å². The van der Waals surface area contributed by atoms with Crippen LogP contribution in [-0.4, -0.2) is 5.78 Å². The van der Waals surface area contributed by atoms with Crippen LogP contribution in [-0.2, 0) is 11.2 Å². The number of halogens is 1. The van der Waals surface area contributed by atoms with E-state index in [9.17, 15) is 4.79 Å². The van der Waals surface area contributed by atoms with Crippen molar-refractivity contribution in [3.8, 4) is 0 Å². The Morgan fingerprint density at radius 1 is 1.43 bits per heavy atom. The maximum absolute atomic E-state index is 11.5. The molecule has 1 aromatic carbocycles. The fraction of sp³-hybridized carbons (Fsp3) is 0.417. The average Bonchev–Trinajstić information content (AvgIpc) is 2.15. The summed E-state index contributed by atoms with van der Waals surface area (Å²) in [6.45, 7) is 2.10. The highest BCUT2D eigenvalue weighted by Crippen LogP contribution is 2.13. The highest BCUT2D eigenvalue weighted by Gasteiger charge is 2.02. The van der Waals surface area contributed by atoms with Crippen LogP contribution in [0.25, 0.3) is 0 Å². The van der Waals surface area contributed by atoms with Crippen LogP contribution in [0.3, 0.4) is 0 Å². The van der Waals surface area contributed by atoms with Gasteiger partial charge in [-0.15, -0.1) is 0 Å². The third kappa shape index (κ3) is 4.05. The van der Waals surface area contributed by atoms with Crippen LogP contribution in [0.4, 0.5) is 0 Å². The zero-order valence-corrected chi connectivity index (χ0v) is 10.0. The number of ketones is 1. The lowest BCUT2D eigenvalue weighted by molar-refractivity contribution is -0.118. The second-order valence-corrected chi connectivity index (χ2v) is 4.36. The molecule has 0 aromatic heterocycles. The molecule has 0 spiro atoms. The molecule has 0 aliphatic heterocycles. The summed E-state index contributed by atoms with van der Waals surface area (Å²) in [5, 5.41) is 0. The molecule has 0 amide bonds. The van der Waals surface area contributed by atoms with Crippen LogP contribution in [0, 0.1) is 0 Å². The lowest BCUT2D eigenvalue weighted by atomic mass is 10.1. The molecule has 1 rings (SSSR count). The van der Waals surface area contributed by atoms with E-state index in [2.05, 4.69) is 22.9 Å². The van der Waals surface area contributed by atoms with Crippen molar-refractivity contribution in [3.63, 3.8) is 0 Å². The maximum atomic E-state index is 11.5. The number of Topliss-reactive ketones (excluding diaryl/α,β-unsaturated/α-hetero) is 1. The van der Waals surface area contributed by atoms with Gasteiger partial charge >= 0.3 is 0 Å². The molecule has 0 atom stereocenters. The molecule has 0 bridgehead atoms. The van der Waals surface area contributed by atoms with Gasteiger partial charge in [0.1, 0.15) is 5.78 Å². The van der Waals surface area contributed by atoms with E-state index in [-0.39, 0.29) is 0 Å². The predicted molar refractivity (Wildman–Crippen MR) is 62.4 cm³/mol. The van der Waals surface area contributed by atoms with Crippen LogP contribution < -0.4 is 0 Å². The SMILES string of the molecule is CCCCC(=O)Cc1cccc(Br)c1. The van der Waals surface area contributed by atoms with Crippen molar-refractivity contribution in [2.24, 2.45) is 0 Å². The molecular weight excluding hydrogens is 240 g/mol. The van der Waals surface area contributed by atoms with Gasteiger partial charge in [0.15, 0.2) is 0 Å². The molecule has 2 heteroatoms. The third-order valence-electron chi connectivity index (χ3n) is 2.10. The molecule has 1 nitrogen and oxygen atoms in total. The lowest BCUT2D eigenvalue weighted by Gasteiger charge is -2.00. The smallest absolute Gasteiger partial charge is 0.137 e. The molecular formula is C12H15BrO. The summed E-state index contributed by atoms with van der Waals surface area (Å²) in [6, 6.07) is 7.94. The fourth-order valence-electron chi connectivity index (χ4n) is 1.34. The molecule has 0 unspecified atom stereocenters. The van der Waals surface area contributed by atoms with Crippen molar-refractivity contribution >= 4 is 21.7 Å². The maximum Gasteiger partial charge on any atom is 0.137 e. The summed E-state index contributed by atoms with van der Waals surface area (Å²) in [5.74, 6) is 0.338. The Morgan fingerprint density at radius 2 is 2.21 bits per heavy atom. The number of carbonyl (C=O) groups is 1. The first-order valence-electron chi connectivity index (χ1n) is 4.98. The average molecular weight is 255 g/mol. The molecule has 0 N–H and O–H groups in total. The quantitative estimate of drug-likeness (QED) is 0.783. The van der Waals surface area contributed by atoms with Crippen molar-refractivity contribution in [1.82, 2.24) is 0 Å². The van der Waals surface area contributed by atoms with E-state index < -0.39 is 0 Å². The molecule has 0 aliphatic rings. The molecule has 0 heterocycles. The van der Waals surface area contributed by atoms with E-state index in [1.165, 1.54) is 0 Å². The molecule has 0 saturated carbocycles.